The summed E-state index contributed by atoms with van der Waals surface area (Å²) in [5, 5.41) is 17.5. The third-order valence-corrected chi connectivity index (χ3v) is 5.22. The van der Waals surface area contributed by atoms with Gasteiger partial charge in [-0.1, -0.05) is 13.8 Å². The maximum absolute atomic E-state index is 10.9. The van der Waals surface area contributed by atoms with Crippen molar-refractivity contribution in [1.82, 2.24) is 0 Å². The third kappa shape index (κ3) is 5.16. The summed E-state index contributed by atoms with van der Waals surface area (Å²) in [4.78, 5) is 0. The van der Waals surface area contributed by atoms with E-state index in [4.69, 9.17) is 14.8 Å². The lowest BCUT2D eigenvalue weighted by Gasteiger charge is -2.18. The van der Waals surface area contributed by atoms with Crippen molar-refractivity contribution in [2.24, 2.45) is 5.92 Å². The Morgan fingerprint density at radius 1 is 1.36 bits per heavy atom. The minimum atomic E-state index is -4.10. The highest BCUT2D eigenvalue weighted by molar-refractivity contribution is 8.11. The number of thioether (sulfide) groups is 1. The van der Waals surface area contributed by atoms with Crippen LogP contribution in [0.4, 0.5) is 0 Å². The van der Waals surface area contributed by atoms with Crippen molar-refractivity contribution in [2.75, 3.05) is 12.4 Å². The van der Waals surface area contributed by atoms with Gasteiger partial charge in [0.1, 0.15) is 4.58 Å². The number of aliphatic hydroxyl groups excluding tert-OH is 2. The second kappa shape index (κ2) is 5.92. The Morgan fingerprint density at radius 2 is 1.86 bits per heavy atom. The minimum absolute atomic E-state index is 0.0825. The minimum Gasteiger partial charge on any atom is -0.394 e. The van der Waals surface area contributed by atoms with E-state index in [1.165, 1.54) is 0 Å². The molecule has 5 nitrogen and oxygen atoms in total. The van der Waals surface area contributed by atoms with Gasteiger partial charge in [-0.15, -0.1) is 11.8 Å². The van der Waals surface area contributed by atoms with Gasteiger partial charge < -0.3 is 10.2 Å². The van der Waals surface area contributed by atoms with Gasteiger partial charge in [0.25, 0.3) is 10.1 Å². The van der Waals surface area contributed by atoms with Gasteiger partial charge in [-0.05, 0) is 5.92 Å². The lowest BCUT2D eigenvalue weighted by atomic mass is 10.3. The Hall–Kier alpha value is 0.180. The summed E-state index contributed by atoms with van der Waals surface area (Å²) in [6, 6.07) is 0. The smallest absolute Gasteiger partial charge is 0.277 e. The largest absolute Gasteiger partial charge is 0.394 e. The Morgan fingerprint density at radius 3 is 2.14 bits per heavy atom. The molecule has 7 heteroatoms. The summed E-state index contributed by atoms with van der Waals surface area (Å²) in [5.74, 6) is -0.167. The van der Waals surface area contributed by atoms with Crippen LogP contribution < -0.4 is 0 Å². The van der Waals surface area contributed by atoms with E-state index in [0.29, 0.717) is 0 Å². The molecule has 0 radical (unpaired) electrons. The standard InChI is InChI=1S/C7H16O5S2/c1-5(2)7(14(10,11)12)13-4-6(9)3-8/h5-9H,3-4H2,1-2H3,(H,10,11,12). The van der Waals surface area contributed by atoms with Crippen molar-refractivity contribution in [1.29, 1.82) is 0 Å². The van der Waals surface area contributed by atoms with Gasteiger partial charge >= 0.3 is 0 Å². The summed E-state index contributed by atoms with van der Waals surface area (Å²) in [5.41, 5.74) is 0. The van der Waals surface area contributed by atoms with Crippen LogP contribution in [0.2, 0.25) is 0 Å². The first-order chi connectivity index (χ1) is 6.29. The molecule has 0 aromatic rings. The molecule has 86 valence electrons. The molecule has 0 spiro atoms. The first-order valence-corrected chi connectivity index (χ1v) is 6.71. The normalized spacial score (nSPS) is 17.0. The van der Waals surface area contributed by atoms with Crippen LogP contribution in [0.25, 0.3) is 0 Å². The zero-order valence-electron chi connectivity index (χ0n) is 8.12. The van der Waals surface area contributed by atoms with Crippen LogP contribution in [0.3, 0.4) is 0 Å². The maximum atomic E-state index is 10.9. The second-order valence-corrected chi connectivity index (χ2v) is 6.31. The summed E-state index contributed by atoms with van der Waals surface area (Å²) >= 11 is 0.921. The molecule has 0 rings (SSSR count). The van der Waals surface area contributed by atoms with E-state index in [9.17, 15) is 8.42 Å². The molecule has 0 bridgehead atoms. The fourth-order valence-corrected chi connectivity index (χ4v) is 3.39. The second-order valence-electron chi connectivity index (χ2n) is 3.30. The summed E-state index contributed by atoms with van der Waals surface area (Å²) in [6.45, 7) is 2.91. The predicted molar refractivity (Wildman–Crippen MR) is 55.7 cm³/mol. The first kappa shape index (κ1) is 14.2. The molecule has 0 saturated heterocycles. The molecule has 3 N–H and O–H groups in total. The van der Waals surface area contributed by atoms with Gasteiger partial charge in [-0.3, -0.25) is 4.55 Å². The Kier molecular flexibility index (Phi) is 5.99. The molecule has 0 heterocycles. The van der Waals surface area contributed by atoms with Crippen LogP contribution in [-0.2, 0) is 10.1 Å². The molecule has 0 fully saturated rings. The lowest BCUT2D eigenvalue weighted by Crippen LogP contribution is -2.26. The average Bonchev–Trinajstić information content (AvgIpc) is 2.01. The highest BCUT2D eigenvalue weighted by Gasteiger charge is 2.27. The van der Waals surface area contributed by atoms with E-state index >= 15 is 0 Å². The molecular formula is C7H16O5S2. The molecule has 0 aromatic carbocycles. The third-order valence-electron chi connectivity index (χ3n) is 1.50. The maximum Gasteiger partial charge on any atom is 0.277 e. The van der Waals surface area contributed by atoms with Crippen molar-refractivity contribution in [3.05, 3.63) is 0 Å². The lowest BCUT2D eigenvalue weighted by molar-refractivity contribution is 0.113. The zero-order chi connectivity index (χ0) is 11.4. The molecule has 0 aliphatic rings. The SMILES string of the molecule is CC(C)C(SCC(O)CO)S(=O)(=O)O. The fourth-order valence-electron chi connectivity index (χ4n) is 0.881. The van der Waals surface area contributed by atoms with Crippen molar-refractivity contribution >= 4 is 21.9 Å². The Labute approximate surface area is 88.3 Å². The quantitative estimate of drug-likeness (QED) is 0.567. The predicted octanol–water partition coefficient (Wildman–Crippen LogP) is -0.0573. The summed E-state index contributed by atoms with van der Waals surface area (Å²) in [7, 11) is -4.10. The van der Waals surface area contributed by atoms with Crippen LogP contribution in [0.15, 0.2) is 0 Å². The first-order valence-electron chi connectivity index (χ1n) is 4.15. The molecule has 14 heavy (non-hydrogen) atoms. The molecule has 0 saturated carbocycles. The molecule has 0 aliphatic heterocycles. The average molecular weight is 244 g/mol. The van der Waals surface area contributed by atoms with Gasteiger partial charge in [-0.2, -0.15) is 8.42 Å². The monoisotopic (exact) mass is 244 g/mol. The molecule has 2 unspecified atom stereocenters. The Bertz CT molecular complexity index is 249. The summed E-state index contributed by atoms with van der Waals surface area (Å²) < 4.78 is 29.6. The van der Waals surface area contributed by atoms with Gasteiger partial charge in [0.15, 0.2) is 0 Å². The van der Waals surface area contributed by atoms with E-state index in [1.54, 1.807) is 13.8 Å². The molecular weight excluding hydrogens is 228 g/mol. The fraction of sp³-hybridized carbons (Fsp3) is 1.00. The van der Waals surface area contributed by atoms with Crippen molar-refractivity contribution in [2.45, 2.75) is 24.5 Å². The van der Waals surface area contributed by atoms with E-state index in [-0.39, 0.29) is 11.7 Å². The van der Waals surface area contributed by atoms with Crippen molar-refractivity contribution in [3.8, 4) is 0 Å². The number of hydrogen-bond donors (Lipinski definition) is 3. The van der Waals surface area contributed by atoms with Crippen LogP contribution in [0.1, 0.15) is 13.8 Å². The van der Waals surface area contributed by atoms with Crippen LogP contribution in [0.5, 0.6) is 0 Å². The van der Waals surface area contributed by atoms with Crippen LogP contribution >= 0.6 is 11.8 Å². The van der Waals surface area contributed by atoms with Crippen molar-refractivity contribution < 1.29 is 23.2 Å². The zero-order valence-corrected chi connectivity index (χ0v) is 9.75. The highest BCUT2D eigenvalue weighted by atomic mass is 32.3. The number of aliphatic hydroxyl groups is 2. The van der Waals surface area contributed by atoms with Gasteiger partial charge in [0, 0.05) is 5.75 Å². The van der Waals surface area contributed by atoms with E-state index < -0.39 is 27.4 Å². The number of hydrogen-bond acceptors (Lipinski definition) is 5. The molecule has 0 aromatic heterocycles. The van der Waals surface area contributed by atoms with Gasteiger partial charge in [0.05, 0.1) is 12.7 Å². The topological polar surface area (TPSA) is 94.8 Å². The van der Waals surface area contributed by atoms with Gasteiger partial charge in [-0.25, -0.2) is 0 Å². The van der Waals surface area contributed by atoms with Crippen LogP contribution in [0, 0.1) is 5.92 Å². The van der Waals surface area contributed by atoms with Gasteiger partial charge in [0.2, 0.25) is 0 Å². The highest BCUT2D eigenvalue weighted by Crippen LogP contribution is 2.24. The number of rotatable bonds is 6. The van der Waals surface area contributed by atoms with E-state index in [2.05, 4.69) is 0 Å². The van der Waals surface area contributed by atoms with E-state index in [1.807, 2.05) is 0 Å². The molecule has 0 amide bonds. The molecule has 0 aliphatic carbocycles. The summed E-state index contributed by atoms with van der Waals surface area (Å²) in [6.07, 6.45) is -0.956. The van der Waals surface area contributed by atoms with Crippen molar-refractivity contribution in [3.63, 3.8) is 0 Å². The Balaban J connectivity index is 4.27. The van der Waals surface area contributed by atoms with Crippen LogP contribution in [-0.4, -0.2) is 46.2 Å². The van der Waals surface area contributed by atoms with E-state index in [0.717, 1.165) is 11.8 Å². The molecule has 2 atom stereocenters.